The molecule has 1 aromatic heterocycles. The maximum absolute atomic E-state index is 12.3. The molecular formula is C14H17N3O4. The average molecular weight is 291 g/mol. The number of anilines is 2. The van der Waals surface area contributed by atoms with E-state index in [0.717, 1.165) is 5.56 Å². The van der Waals surface area contributed by atoms with E-state index in [1.54, 1.807) is 19.9 Å². The number of benzene rings is 1. The highest BCUT2D eigenvalue weighted by atomic mass is 16.5. The molecule has 0 saturated heterocycles. The van der Waals surface area contributed by atoms with Crippen LogP contribution in [0.5, 0.6) is 11.5 Å². The van der Waals surface area contributed by atoms with Crippen LogP contribution in [0.25, 0.3) is 0 Å². The van der Waals surface area contributed by atoms with Crippen molar-refractivity contribution in [2.45, 2.75) is 13.8 Å². The lowest BCUT2D eigenvalue weighted by Crippen LogP contribution is -2.15. The fraction of sp³-hybridized carbons (Fsp3) is 0.286. The first-order valence-electron chi connectivity index (χ1n) is 6.23. The van der Waals surface area contributed by atoms with Crippen molar-refractivity contribution >= 4 is 17.5 Å². The van der Waals surface area contributed by atoms with Crippen LogP contribution < -0.4 is 20.5 Å². The van der Waals surface area contributed by atoms with E-state index in [0.29, 0.717) is 23.1 Å². The standard InChI is InChI=1S/C14H17N3O4/c1-7-8(2)17-21-14(7)16-13(18)10-5-9(19-3)6-11(20-4)12(10)15/h5-6H,15H2,1-4H3,(H,16,18). The maximum atomic E-state index is 12.3. The Bertz CT molecular complexity index is 679. The van der Waals surface area contributed by atoms with Gasteiger partial charge in [-0.3, -0.25) is 10.1 Å². The van der Waals surface area contributed by atoms with Crippen molar-refractivity contribution in [3.8, 4) is 11.5 Å². The van der Waals surface area contributed by atoms with Crippen LogP contribution in [0.15, 0.2) is 16.7 Å². The number of carbonyl (C=O) groups excluding carboxylic acids is 1. The molecule has 1 heterocycles. The van der Waals surface area contributed by atoms with Gasteiger partial charge in [-0.2, -0.15) is 0 Å². The van der Waals surface area contributed by atoms with E-state index in [1.165, 1.54) is 20.3 Å². The number of carbonyl (C=O) groups is 1. The Labute approximate surface area is 122 Å². The highest BCUT2D eigenvalue weighted by Gasteiger charge is 2.19. The highest BCUT2D eigenvalue weighted by Crippen LogP contribution is 2.31. The molecule has 1 amide bonds. The number of hydrogen-bond acceptors (Lipinski definition) is 6. The lowest BCUT2D eigenvalue weighted by molar-refractivity contribution is 0.102. The molecule has 0 unspecified atom stereocenters. The van der Waals surface area contributed by atoms with Crippen LogP contribution in [-0.4, -0.2) is 25.3 Å². The van der Waals surface area contributed by atoms with Crippen molar-refractivity contribution in [2.75, 3.05) is 25.3 Å². The van der Waals surface area contributed by atoms with Gasteiger partial charge in [0, 0.05) is 11.6 Å². The zero-order valence-corrected chi connectivity index (χ0v) is 12.3. The molecule has 7 heteroatoms. The molecule has 0 fully saturated rings. The molecule has 0 spiro atoms. The predicted molar refractivity (Wildman–Crippen MR) is 77.9 cm³/mol. The lowest BCUT2D eigenvalue weighted by atomic mass is 10.1. The molecule has 21 heavy (non-hydrogen) atoms. The summed E-state index contributed by atoms with van der Waals surface area (Å²) in [5.74, 6) is 0.698. The quantitative estimate of drug-likeness (QED) is 0.837. The van der Waals surface area contributed by atoms with E-state index in [4.69, 9.17) is 19.7 Å². The monoisotopic (exact) mass is 291 g/mol. The second-order valence-electron chi connectivity index (χ2n) is 4.47. The van der Waals surface area contributed by atoms with Gasteiger partial charge in [-0.05, 0) is 19.9 Å². The van der Waals surface area contributed by atoms with Crippen LogP contribution in [-0.2, 0) is 0 Å². The van der Waals surface area contributed by atoms with Crippen LogP contribution in [0.1, 0.15) is 21.6 Å². The molecule has 0 atom stereocenters. The third kappa shape index (κ3) is 2.76. The van der Waals surface area contributed by atoms with Crippen molar-refractivity contribution in [1.82, 2.24) is 5.16 Å². The summed E-state index contributed by atoms with van der Waals surface area (Å²) in [6.07, 6.45) is 0. The topological polar surface area (TPSA) is 99.6 Å². The largest absolute Gasteiger partial charge is 0.497 e. The number of methoxy groups -OCH3 is 2. The van der Waals surface area contributed by atoms with Crippen LogP contribution in [0.2, 0.25) is 0 Å². The molecule has 0 aliphatic carbocycles. The number of nitrogens with one attached hydrogen (secondary N) is 1. The maximum Gasteiger partial charge on any atom is 0.260 e. The summed E-state index contributed by atoms with van der Waals surface area (Å²) in [7, 11) is 2.97. The van der Waals surface area contributed by atoms with Gasteiger partial charge in [0.1, 0.15) is 11.5 Å². The Balaban J connectivity index is 2.36. The van der Waals surface area contributed by atoms with Gasteiger partial charge in [0.15, 0.2) is 0 Å². The first-order chi connectivity index (χ1) is 9.97. The fourth-order valence-corrected chi connectivity index (χ4v) is 1.78. The number of ether oxygens (including phenoxy) is 2. The predicted octanol–water partition coefficient (Wildman–Crippen LogP) is 2.14. The van der Waals surface area contributed by atoms with Crippen LogP contribution in [0.3, 0.4) is 0 Å². The van der Waals surface area contributed by atoms with Crippen molar-refractivity contribution in [2.24, 2.45) is 0 Å². The number of nitrogens with zero attached hydrogens (tertiary/aromatic N) is 1. The lowest BCUT2D eigenvalue weighted by Gasteiger charge is -2.12. The molecule has 2 aromatic rings. The van der Waals surface area contributed by atoms with Gasteiger partial charge in [-0.15, -0.1) is 0 Å². The van der Waals surface area contributed by atoms with Crippen LogP contribution in [0, 0.1) is 13.8 Å². The van der Waals surface area contributed by atoms with Crippen molar-refractivity contribution in [3.63, 3.8) is 0 Å². The molecule has 3 N–H and O–H groups in total. The number of nitrogens with two attached hydrogens (primary N) is 1. The summed E-state index contributed by atoms with van der Waals surface area (Å²) in [5, 5.41) is 6.41. The minimum absolute atomic E-state index is 0.227. The number of rotatable bonds is 4. The number of amides is 1. The fourth-order valence-electron chi connectivity index (χ4n) is 1.78. The van der Waals surface area contributed by atoms with E-state index in [-0.39, 0.29) is 11.3 Å². The SMILES string of the molecule is COc1cc(OC)c(N)c(C(=O)Nc2onc(C)c2C)c1. The van der Waals surface area contributed by atoms with E-state index >= 15 is 0 Å². The number of nitrogen functional groups attached to an aromatic ring is 1. The van der Waals surface area contributed by atoms with Gasteiger partial charge >= 0.3 is 0 Å². The van der Waals surface area contributed by atoms with Crippen molar-refractivity contribution < 1.29 is 18.8 Å². The second-order valence-corrected chi connectivity index (χ2v) is 4.47. The Morgan fingerprint density at radius 3 is 2.52 bits per heavy atom. The van der Waals surface area contributed by atoms with Gasteiger partial charge in [-0.1, -0.05) is 5.16 Å². The Kier molecular flexibility index (Phi) is 4.02. The summed E-state index contributed by atoms with van der Waals surface area (Å²) in [6.45, 7) is 3.59. The molecule has 0 aliphatic heterocycles. The summed E-state index contributed by atoms with van der Waals surface area (Å²) in [5.41, 5.74) is 7.86. The van der Waals surface area contributed by atoms with Gasteiger partial charge in [0.05, 0.1) is 31.2 Å². The highest BCUT2D eigenvalue weighted by molar-refractivity contribution is 6.08. The first kappa shape index (κ1) is 14.7. The van der Waals surface area contributed by atoms with E-state index in [9.17, 15) is 4.79 Å². The molecule has 0 saturated carbocycles. The number of hydrogen-bond donors (Lipinski definition) is 2. The third-order valence-electron chi connectivity index (χ3n) is 3.20. The smallest absolute Gasteiger partial charge is 0.260 e. The normalized spacial score (nSPS) is 10.3. The van der Waals surface area contributed by atoms with Crippen LogP contribution >= 0.6 is 0 Å². The van der Waals surface area contributed by atoms with Crippen molar-refractivity contribution in [3.05, 3.63) is 29.0 Å². The molecular weight excluding hydrogens is 274 g/mol. The molecule has 2 rings (SSSR count). The molecule has 0 bridgehead atoms. The van der Waals surface area contributed by atoms with E-state index in [2.05, 4.69) is 10.5 Å². The Morgan fingerprint density at radius 1 is 1.29 bits per heavy atom. The molecule has 0 aliphatic rings. The number of aryl methyl sites for hydroxylation is 1. The van der Waals surface area contributed by atoms with Gasteiger partial charge < -0.3 is 19.7 Å². The third-order valence-corrected chi connectivity index (χ3v) is 3.20. The molecule has 0 radical (unpaired) electrons. The summed E-state index contributed by atoms with van der Waals surface area (Å²) < 4.78 is 15.3. The number of aromatic nitrogens is 1. The van der Waals surface area contributed by atoms with Crippen LogP contribution in [0.4, 0.5) is 11.6 Å². The van der Waals surface area contributed by atoms with E-state index in [1.807, 2.05) is 0 Å². The Hall–Kier alpha value is -2.70. The van der Waals surface area contributed by atoms with Gasteiger partial charge in [0.25, 0.3) is 5.91 Å². The minimum atomic E-state index is -0.427. The summed E-state index contributed by atoms with van der Waals surface area (Å²) >= 11 is 0. The second kappa shape index (κ2) is 5.74. The zero-order chi connectivity index (χ0) is 15.6. The summed E-state index contributed by atoms with van der Waals surface area (Å²) in [4.78, 5) is 12.3. The van der Waals surface area contributed by atoms with Crippen molar-refractivity contribution in [1.29, 1.82) is 0 Å². The molecule has 1 aromatic carbocycles. The minimum Gasteiger partial charge on any atom is -0.497 e. The Morgan fingerprint density at radius 2 is 2.00 bits per heavy atom. The molecule has 7 nitrogen and oxygen atoms in total. The first-order valence-corrected chi connectivity index (χ1v) is 6.23. The van der Waals surface area contributed by atoms with Gasteiger partial charge in [-0.25, -0.2) is 0 Å². The average Bonchev–Trinajstić information content (AvgIpc) is 2.79. The summed E-state index contributed by atoms with van der Waals surface area (Å²) in [6, 6.07) is 3.14. The zero-order valence-electron chi connectivity index (χ0n) is 12.3. The van der Waals surface area contributed by atoms with Gasteiger partial charge in [0.2, 0.25) is 5.88 Å². The molecule has 112 valence electrons. The van der Waals surface area contributed by atoms with E-state index < -0.39 is 5.91 Å².